The maximum Gasteiger partial charge on any atom is 0.248 e. The molecule has 0 radical (unpaired) electrons. The molecule has 4 rings (SSSR count). The summed E-state index contributed by atoms with van der Waals surface area (Å²) in [5, 5.41) is 11.9. The molecule has 0 aliphatic heterocycles. The summed E-state index contributed by atoms with van der Waals surface area (Å²) in [6.45, 7) is 0.659. The number of halogens is 1. The van der Waals surface area contributed by atoms with Crippen molar-refractivity contribution in [3.05, 3.63) is 84.0 Å². The van der Waals surface area contributed by atoms with Crippen molar-refractivity contribution in [1.29, 1.82) is 0 Å². The number of aromatic nitrogens is 2. The van der Waals surface area contributed by atoms with Crippen LogP contribution in [0.5, 0.6) is 5.75 Å². The molecule has 3 aromatic carbocycles. The molecule has 0 aliphatic carbocycles. The molecule has 3 N–H and O–H groups in total. The first-order valence-electron chi connectivity index (χ1n) is 11.3. The van der Waals surface area contributed by atoms with E-state index in [1.54, 1.807) is 31.4 Å². The van der Waals surface area contributed by atoms with E-state index in [4.69, 9.17) is 16.3 Å². The number of benzene rings is 3. The predicted molar refractivity (Wildman–Crippen MR) is 147 cm³/mol. The van der Waals surface area contributed by atoms with Gasteiger partial charge in [0, 0.05) is 24.4 Å². The number of nitrogens with zero attached hydrogens (tertiary/aromatic N) is 3. The number of likely N-dealkylation sites (N-methyl/N-ethyl adjacent to an activating group) is 1. The van der Waals surface area contributed by atoms with Crippen LogP contribution in [0.3, 0.4) is 0 Å². The fourth-order valence-electron chi connectivity index (χ4n) is 3.45. The molecule has 1 heterocycles. The summed E-state index contributed by atoms with van der Waals surface area (Å²) in [5.74, 6) is 1.11. The standard InChI is InChI=1S/C27H27ClN6O2/c1-34(2)14-6-9-25(35)31-23-13-12-21(36-3)16-24(23)32-27-29-17-22(28)26(33-27)30-20-11-10-18-7-4-5-8-19(18)15-20/h4-13,15-17H,14H2,1-3H3,(H,31,35)(H2,29,30,32,33)/b9-6+. The molecule has 0 unspecified atom stereocenters. The number of amides is 1. The van der Waals surface area contributed by atoms with Gasteiger partial charge in [0.2, 0.25) is 11.9 Å². The Morgan fingerprint density at radius 1 is 1.03 bits per heavy atom. The number of carbonyl (C=O) groups excluding carboxylic acids is 1. The third-order valence-electron chi connectivity index (χ3n) is 5.23. The largest absolute Gasteiger partial charge is 0.497 e. The minimum Gasteiger partial charge on any atom is -0.497 e. The van der Waals surface area contributed by atoms with Gasteiger partial charge in [0.15, 0.2) is 5.82 Å². The van der Waals surface area contributed by atoms with Gasteiger partial charge in [-0.15, -0.1) is 0 Å². The van der Waals surface area contributed by atoms with Crippen molar-refractivity contribution in [3.63, 3.8) is 0 Å². The minimum absolute atomic E-state index is 0.249. The second-order valence-electron chi connectivity index (χ2n) is 8.27. The summed E-state index contributed by atoms with van der Waals surface area (Å²) in [6, 6.07) is 19.4. The maximum absolute atomic E-state index is 12.4. The molecule has 1 amide bonds. The fraction of sp³-hybridized carbons (Fsp3) is 0.148. The Morgan fingerprint density at radius 2 is 1.83 bits per heavy atom. The van der Waals surface area contributed by atoms with Crippen molar-refractivity contribution >= 4 is 57.1 Å². The fourth-order valence-corrected chi connectivity index (χ4v) is 3.59. The van der Waals surface area contributed by atoms with Crippen LogP contribution >= 0.6 is 11.6 Å². The van der Waals surface area contributed by atoms with Gasteiger partial charge in [-0.1, -0.05) is 48.0 Å². The van der Waals surface area contributed by atoms with Gasteiger partial charge in [0.05, 0.1) is 24.7 Å². The Bertz CT molecular complexity index is 1410. The molecule has 0 aliphatic rings. The van der Waals surface area contributed by atoms with E-state index < -0.39 is 0 Å². The molecule has 0 saturated heterocycles. The molecule has 0 saturated carbocycles. The molecule has 9 heteroatoms. The van der Waals surface area contributed by atoms with E-state index in [1.165, 1.54) is 12.3 Å². The van der Waals surface area contributed by atoms with Crippen LogP contribution in [0.15, 0.2) is 79.0 Å². The summed E-state index contributed by atoms with van der Waals surface area (Å²) in [7, 11) is 5.44. The summed E-state index contributed by atoms with van der Waals surface area (Å²) < 4.78 is 5.35. The van der Waals surface area contributed by atoms with Crippen molar-refractivity contribution in [2.24, 2.45) is 0 Å². The lowest BCUT2D eigenvalue weighted by molar-refractivity contribution is -0.111. The van der Waals surface area contributed by atoms with E-state index in [-0.39, 0.29) is 5.91 Å². The number of carbonyl (C=O) groups is 1. The summed E-state index contributed by atoms with van der Waals surface area (Å²) in [6.07, 6.45) is 4.81. The maximum atomic E-state index is 12.4. The Balaban J connectivity index is 1.56. The van der Waals surface area contributed by atoms with Gasteiger partial charge >= 0.3 is 0 Å². The van der Waals surface area contributed by atoms with Gasteiger partial charge < -0.3 is 25.6 Å². The van der Waals surface area contributed by atoms with E-state index in [1.807, 2.05) is 55.4 Å². The Labute approximate surface area is 215 Å². The lowest BCUT2D eigenvalue weighted by atomic mass is 10.1. The number of hydrogen-bond donors (Lipinski definition) is 3. The van der Waals surface area contributed by atoms with Crippen LogP contribution in [0, 0.1) is 0 Å². The lowest BCUT2D eigenvalue weighted by Crippen LogP contribution is -2.13. The number of fused-ring (bicyclic) bond motifs is 1. The second-order valence-corrected chi connectivity index (χ2v) is 8.67. The first-order chi connectivity index (χ1) is 17.4. The molecule has 0 spiro atoms. The van der Waals surface area contributed by atoms with Crippen LogP contribution in [-0.4, -0.2) is 48.5 Å². The quantitative estimate of drug-likeness (QED) is 0.248. The van der Waals surface area contributed by atoms with E-state index in [2.05, 4.69) is 32.0 Å². The number of anilines is 5. The van der Waals surface area contributed by atoms with Gasteiger partial charge in [-0.2, -0.15) is 4.98 Å². The zero-order valence-corrected chi connectivity index (χ0v) is 21.0. The van der Waals surface area contributed by atoms with Gasteiger partial charge in [0.1, 0.15) is 10.8 Å². The number of methoxy groups -OCH3 is 1. The molecule has 0 atom stereocenters. The number of nitrogens with one attached hydrogen (secondary N) is 3. The summed E-state index contributed by atoms with van der Waals surface area (Å²) in [5.41, 5.74) is 1.97. The van der Waals surface area contributed by atoms with E-state index >= 15 is 0 Å². The van der Waals surface area contributed by atoms with Crippen molar-refractivity contribution in [2.45, 2.75) is 0 Å². The molecule has 36 heavy (non-hydrogen) atoms. The highest BCUT2D eigenvalue weighted by Gasteiger charge is 2.11. The zero-order chi connectivity index (χ0) is 25.5. The van der Waals surface area contributed by atoms with Gasteiger partial charge in [-0.25, -0.2) is 4.98 Å². The van der Waals surface area contributed by atoms with Gasteiger partial charge in [0.25, 0.3) is 0 Å². The van der Waals surface area contributed by atoms with E-state index in [0.29, 0.717) is 40.5 Å². The van der Waals surface area contributed by atoms with Crippen LogP contribution in [0.1, 0.15) is 0 Å². The topological polar surface area (TPSA) is 91.4 Å². The molecular formula is C27H27ClN6O2. The Kier molecular flexibility index (Phi) is 7.99. The Hall–Kier alpha value is -4.14. The molecule has 0 bridgehead atoms. The highest BCUT2D eigenvalue weighted by Crippen LogP contribution is 2.31. The van der Waals surface area contributed by atoms with Crippen LogP contribution < -0.4 is 20.7 Å². The highest BCUT2D eigenvalue weighted by atomic mass is 35.5. The smallest absolute Gasteiger partial charge is 0.248 e. The predicted octanol–water partition coefficient (Wildman–Crippen LogP) is 5.84. The third-order valence-corrected chi connectivity index (χ3v) is 5.50. The van der Waals surface area contributed by atoms with Crippen molar-refractivity contribution < 1.29 is 9.53 Å². The van der Waals surface area contributed by atoms with Gasteiger partial charge in [-0.05, 0) is 49.1 Å². The first kappa shape index (κ1) is 25.0. The zero-order valence-electron chi connectivity index (χ0n) is 20.2. The van der Waals surface area contributed by atoms with Gasteiger partial charge in [-0.3, -0.25) is 4.79 Å². The number of rotatable bonds is 9. The average Bonchev–Trinajstić information content (AvgIpc) is 2.86. The van der Waals surface area contributed by atoms with Crippen LogP contribution in [-0.2, 0) is 4.79 Å². The van der Waals surface area contributed by atoms with Crippen molar-refractivity contribution in [1.82, 2.24) is 14.9 Å². The normalized spacial score (nSPS) is 11.1. The van der Waals surface area contributed by atoms with Crippen molar-refractivity contribution in [2.75, 3.05) is 43.7 Å². The van der Waals surface area contributed by atoms with E-state index in [9.17, 15) is 4.79 Å². The summed E-state index contributed by atoms with van der Waals surface area (Å²) in [4.78, 5) is 23.2. The lowest BCUT2D eigenvalue weighted by Gasteiger charge is -2.14. The minimum atomic E-state index is -0.249. The number of hydrogen-bond acceptors (Lipinski definition) is 7. The molecule has 184 valence electrons. The van der Waals surface area contributed by atoms with Crippen molar-refractivity contribution in [3.8, 4) is 5.75 Å². The third kappa shape index (κ3) is 6.50. The van der Waals surface area contributed by atoms with Crippen LogP contribution in [0.25, 0.3) is 10.8 Å². The van der Waals surface area contributed by atoms with Crippen LogP contribution in [0.4, 0.5) is 28.8 Å². The average molecular weight is 503 g/mol. The molecule has 0 fully saturated rings. The SMILES string of the molecule is COc1ccc(NC(=O)/C=C/CN(C)C)c(Nc2ncc(Cl)c(Nc3ccc4ccccc4c3)n2)c1. The first-order valence-corrected chi connectivity index (χ1v) is 11.6. The number of ether oxygens (including phenoxy) is 1. The molecule has 8 nitrogen and oxygen atoms in total. The summed E-state index contributed by atoms with van der Waals surface area (Å²) >= 11 is 6.38. The van der Waals surface area contributed by atoms with E-state index in [0.717, 1.165) is 16.5 Å². The highest BCUT2D eigenvalue weighted by molar-refractivity contribution is 6.33. The Morgan fingerprint density at radius 3 is 2.61 bits per heavy atom. The molecule has 4 aromatic rings. The monoisotopic (exact) mass is 502 g/mol. The molecular weight excluding hydrogens is 476 g/mol. The molecule has 1 aromatic heterocycles. The van der Waals surface area contributed by atoms with Crippen LogP contribution in [0.2, 0.25) is 5.02 Å². The second kappa shape index (κ2) is 11.5.